The van der Waals surface area contributed by atoms with E-state index in [1.54, 1.807) is 0 Å². The van der Waals surface area contributed by atoms with Crippen molar-refractivity contribution in [2.24, 2.45) is 0 Å². The first-order chi connectivity index (χ1) is 16.3. The maximum atomic E-state index is 13.2. The molecule has 180 valence electrons. The van der Waals surface area contributed by atoms with E-state index in [2.05, 4.69) is 9.72 Å². The topological polar surface area (TPSA) is 107 Å². The van der Waals surface area contributed by atoms with Gasteiger partial charge in [0.2, 0.25) is 11.8 Å². The highest BCUT2D eigenvalue weighted by Gasteiger charge is 2.25. The van der Waals surface area contributed by atoms with E-state index in [1.807, 2.05) is 42.2 Å². The number of hydrogen-bond acceptors (Lipinski definition) is 6. The van der Waals surface area contributed by atoms with Gasteiger partial charge in [0.05, 0.1) is 11.3 Å². The highest BCUT2D eigenvalue weighted by molar-refractivity contribution is 6.03. The first-order valence-electron chi connectivity index (χ1n) is 11.3. The van der Waals surface area contributed by atoms with Crippen molar-refractivity contribution in [3.63, 3.8) is 0 Å². The average molecular weight is 471 g/mol. The molecule has 1 aromatic carbocycles. The molecule has 0 aliphatic carbocycles. The number of rotatable bonds is 10. The molecule has 34 heavy (non-hydrogen) atoms. The third-order valence-electron chi connectivity index (χ3n) is 5.88. The van der Waals surface area contributed by atoms with Crippen molar-refractivity contribution in [2.75, 3.05) is 13.1 Å². The van der Waals surface area contributed by atoms with Crippen LogP contribution in [0.25, 0.3) is 0 Å². The van der Waals surface area contributed by atoms with Crippen molar-refractivity contribution in [3.8, 4) is 0 Å². The monoisotopic (exact) mass is 470 g/mol. The maximum absolute atomic E-state index is 13.2. The summed E-state index contributed by atoms with van der Waals surface area (Å²) in [5, 5.41) is 15.0. The van der Waals surface area contributed by atoms with E-state index >= 15 is 0 Å². The quantitative estimate of drug-likeness (QED) is 0.301. The summed E-state index contributed by atoms with van der Waals surface area (Å²) < 4.78 is 29.7. The summed E-state index contributed by atoms with van der Waals surface area (Å²) in [6.07, 6.45) is 0.728. The molecule has 0 bridgehead atoms. The van der Waals surface area contributed by atoms with Gasteiger partial charge in [-0.15, -0.1) is 0 Å². The first-order valence-corrected chi connectivity index (χ1v) is 11.3. The van der Waals surface area contributed by atoms with Gasteiger partial charge in [0.15, 0.2) is 5.78 Å². The lowest BCUT2D eigenvalue weighted by Crippen LogP contribution is -2.30. The van der Waals surface area contributed by atoms with E-state index in [9.17, 15) is 18.4 Å². The van der Waals surface area contributed by atoms with Gasteiger partial charge in [-0.05, 0) is 30.9 Å². The molecule has 2 aromatic rings. The van der Waals surface area contributed by atoms with Crippen LogP contribution in [-0.2, 0) is 16.0 Å². The zero-order valence-corrected chi connectivity index (χ0v) is 19.0. The number of nitrogens with zero attached hydrogens (tertiary/aromatic N) is 2. The van der Waals surface area contributed by atoms with Crippen molar-refractivity contribution in [1.29, 1.82) is 10.8 Å². The van der Waals surface area contributed by atoms with Gasteiger partial charge in [0.25, 0.3) is 5.90 Å². The third kappa shape index (κ3) is 6.30. The second-order valence-electron chi connectivity index (χ2n) is 8.18. The van der Waals surface area contributed by atoms with Crippen LogP contribution in [0, 0.1) is 10.8 Å². The predicted octanol–water partition coefficient (Wildman–Crippen LogP) is 4.60. The van der Waals surface area contributed by atoms with E-state index < -0.39 is 18.2 Å². The van der Waals surface area contributed by atoms with Gasteiger partial charge in [-0.3, -0.25) is 25.4 Å². The summed E-state index contributed by atoms with van der Waals surface area (Å²) >= 11 is 0. The fraction of sp³-hybridized carbons (Fsp3) is 0.400. The number of benzene rings is 1. The van der Waals surface area contributed by atoms with Crippen LogP contribution in [0.2, 0.25) is 0 Å². The van der Waals surface area contributed by atoms with E-state index in [0.29, 0.717) is 37.1 Å². The molecule has 2 heterocycles. The van der Waals surface area contributed by atoms with Gasteiger partial charge in [-0.1, -0.05) is 37.3 Å². The van der Waals surface area contributed by atoms with Gasteiger partial charge in [-0.2, -0.15) is 8.78 Å². The maximum Gasteiger partial charge on any atom is 0.312 e. The predicted molar refractivity (Wildman–Crippen MR) is 124 cm³/mol. The number of carbonyl (C=O) groups is 2. The highest BCUT2D eigenvalue weighted by atomic mass is 19.3. The first kappa shape index (κ1) is 25.1. The molecule has 0 radical (unpaired) electrons. The lowest BCUT2D eigenvalue weighted by atomic mass is 9.91. The fourth-order valence-electron chi connectivity index (χ4n) is 4.05. The molecule has 1 fully saturated rings. The lowest BCUT2D eigenvalue weighted by Gasteiger charge is -2.24. The Morgan fingerprint density at radius 2 is 1.97 bits per heavy atom. The Bertz CT molecular complexity index is 1060. The Balaban J connectivity index is 1.76. The smallest absolute Gasteiger partial charge is 0.312 e. The van der Waals surface area contributed by atoms with Crippen LogP contribution in [-0.4, -0.2) is 52.9 Å². The number of aryl methyl sites for hydroxylation is 1. The fourth-order valence-corrected chi connectivity index (χ4v) is 4.05. The minimum absolute atomic E-state index is 0.0124. The van der Waals surface area contributed by atoms with Gasteiger partial charge in [-0.25, -0.2) is 0 Å². The number of Topliss-reactive ketones (excluding diaryl/α,β-unsaturated/α-hetero) is 1. The molecule has 9 heteroatoms. The summed E-state index contributed by atoms with van der Waals surface area (Å²) in [4.78, 5) is 31.4. The Hall–Kier alpha value is -3.49. The molecule has 1 aliphatic heterocycles. The zero-order valence-electron chi connectivity index (χ0n) is 19.0. The molecule has 1 amide bonds. The second kappa shape index (κ2) is 11.6. The van der Waals surface area contributed by atoms with Crippen LogP contribution in [0.5, 0.6) is 0 Å². The number of aromatic nitrogens is 1. The summed E-state index contributed by atoms with van der Waals surface area (Å²) in [5.41, 5.74) is 1.95. The van der Waals surface area contributed by atoms with E-state index in [-0.39, 0.29) is 29.6 Å². The molecule has 0 spiro atoms. The summed E-state index contributed by atoms with van der Waals surface area (Å²) in [6, 6.07) is 11.2. The molecule has 2 N–H and O–H groups in total. The molecule has 1 unspecified atom stereocenters. The standard InChI is InChI=1S/C25H28F2N4O3/c1-2-20-19(13-18(14-30-20)24(28)34-25(29)23(26)27)21(32)11-10-17(16-7-4-3-5-8-16)15-31-12-6-9-22(31)33/h3-5,7-8,13-14,17,23,28-29H,2,6,9-12,15H2,1H3. The number of halogens is 2. The molecule has 3 rings (SSSR count). The van der Waals surface area contributed by atoms with Crippen LogP contribution < -0.4 is 0 Å². The minimum Gasteiger partial charge on any atom is -0.419 e. The third-order valence-corrected chi connectivity index (χ3v) is 5.88. The van der Waals surface area contributed by atoms with Crippen molar-refractivity contribution in [1.82, 2.24) is 9.88 Å². The Morgan fingerprint density at radius 1 is 1.24 bits per heavy atom. The molecule has 1 saturated heterocycles. The number of pyridine rings is 1. The largest absolute Gasteiger partial charge is 0.419 e. The lowest BCUT2D eigenvalue weighted by molar-refractivity contribution is -0.127. The van der Waals surface area contributed by atoms with E-state index in [4.69, 9.17) is 10.8 Å². The van der Waals surface area contributed by atoms with Gasteiger partial charge < -0.3 is 9.64 Å². The molecular formula is C25H28F2N4O3. The van der Waals surface area contributed by atoms with Crippen LogP contribution in [0.4, 0.5) is 8.78 Å². The molecule has 1 atom stereocenters. The second-order valence-corrected chi connectivity index (χ2v) is 8.18. The minimum atomic E-state index is -3.14. The summed E-state index contributed by atoms with van der Waals surface area (Å²) in [5.74, 6) is -2.06. The van der Waals surface area contributed by atoms with Gasteiger partial charge in [0, 0.05) is 43.6 Å². The highest BCUT2D eigenvalue weighted by Crippen LogP contribution is 2.26. The number of nitrogens with one attached hydrogen (secondary N) is 2. The number of alkyl halides is 2. The summed E-state index contributed by atoms with van der Waals surface area (Å²) in [7, 11) is 0. The van der Waals surface area contributed by atoms with Crippen LogP contribution >= 0.6 is 0 Å². The van der Waals surface area contributed by atoms with E-state index in [1.165, 1.54) is 12.3 Å². The van der Waals surface area contributed by atoms with E-state index in [0.717, 1.165) is 18.5 Å². The van der Waals surface area contributed by atoms with Crippen molar-refractivity contribution < 1.29 is 23.1 Å². The normalized spacial score (nSPS) is 14.4. The van der Waals surface area contributed by atoms with Crippen LogP contribution in [0.15, 0.2) is 42.6 Å². The Labute approximate surface area is 197 Å². The average Bonchev–Trinajstić information content (AvgIpc) is 3.25. The molecule has 7 nitrogen and oxygen atoms in total. The molecule has 1 aromatic heterocycles. The number of likely N-dealkylation sites (tertiary alicyclic amines) is 1. The SMILES string of the molecule is CCc1ncc(C(=N)OC(=N)C(F)F)cc1C(=O)CCC(CN1CCCC1=O)c1ccccc1. The van der Waals surface area contributed by atoms with Gasteiger partial charge >= 0.3 is 6.43 Å². The number of hydrogen-bond donors (Lipinski definition) is 2. The summed E-state index contributed by atoms with van der Waals surface area (Å²) in [6.45, 7) is 3.11. The van der Waals surface area contributed by atoms with Crippen molar-refractivity contribution in [2.45, 2.75) is 51.4 Å². The Morgan fingerprint density at radius 3 is 2.59 bits per heavy atom. The molecular weight excluding hydrogens is 442 g/mol. The van der Waals surface area contributed by atoms with Crippen molar-refractivity contribution >= 4 is 23.5 Å². The van der Waals surface area contributed by atoms with Crippen LogP contribution in [0.3, 0.4) is 0 Å². The molecule has 1 aliphatic rings. The molecule has 0 saturated carbocycles. The van der Waals surface area contributed by atoms with Crippen LogP contribution in [0.1, 0.15) is 65.7 Å². The van der Waals surface area contributed by atoms with Gasteiger partial charge in [0.1, 0.15) is 0 Å². The number of amides is 1. The zero-order chi connectivity index (χ0) is 24.7. The number of ketones is 1. The number of carbonyl (C=O) groups excluding carboxylic acids is 2. The van der Waals surface area contributed by atoms with Crippen molar-refractivity contribution in [3.05, 3.63) is 65.0 Å². The number of ether oxygens (including phenoxy) is 1. The Kier molecular flexibility index (Phi) is 8.56.